The number of hydrogen-bond donors (Lipinski definition) is 3. The van der Waals surface area contributed by atoms with Gasteiger partial charge in [0.2, 0.25) is 0 Å². The van der Waals surface area contributed by atoms with Crippen LogP contribution in [0.4, 0.5) is 0 Å². The molecule has 1 rings (SSSR count). The van der Waals surface area contributed by atoms with Crippen LogP contribution in [0.5, 0.6) is 0 Å². The number of nitrogens with zero attached hydrogens (tertiary/aromatic N) is 2. The topological polar surface area (TPSA) is 82.1 Å². The Morgan fingerprint density at radius 3 is 2.93 bits per heavy atom. The Bertz CT molecular complexity index is 206. The van der Waals surface area contributed by atoms with E-state index in [2.05, 4.69) is 10.1 Å². The smallest absolute Gasteiger partial charge is 0.153 e. The van der Waals surface area contributed by atoms with Crippen molar-refractivity contribution in [3.8, 4) is 0 Å². The van der Waals surface area contributed by atoms with E-state index < -0.39 is 0 Å². The third kappa shape index (κ3) is 2.85. The summed E-state index contributed by atoms with van der Waals surface area (Å²) in [4.78, 5) is 2.07. The van der Waals surface area contributed by atoms with E-state index in [4.69, 9.17) is 10.9 Å². The minimum atomic E-state index is -0.359. The molecule has 4 N–H and O–H groups in total. The molecule has 0 amide bonds. The van der Waals surface area contributed by atoms with Crippen LogP contribution in [0.3, 0.4) is 0 Å². The third-order valence-corrected chi connectivity index (χ3v) is 2.71. The van der Waals surface area contributed by atoms with Gasteiger partial charge in [-0.3, -0.25) is 4.90 Å². The lowest BCUT2D eigenvalue weighted by Crippen LogP contribution is -2.49. The summed E-state index contributed by atoms with van der Waals surface area (Å²) in [6.45, 7) is 3.13. The molecule has 1 saturated heterocycles. The van der Waals surface area contributed by atoms with Gasteiger partial charge in [-0.15, -0.1) is 0 Å². The van der Waals surface area contributed by atoms with E-state index in [0.717, 1.165) is 25.8 Å². The van der Waals surface area contributed by atoms with Crippen LogP contribution in [0, 0.1) is 0 Å². The lowest BCUT2D eigenvalue weighted by Gasteiger charge is -2.36. The molecule has 1 aliphatic heterocycles. The van der Waals surface area contributed by atoms with Gasteiger partial charge in [-0.2, -0.15) is 0 Å². The zero-order valence-corrected chi connectivity index (χ0v) is 8.56. The minimum absolute atomic E-state index is 0.143. The molecule has 0 aliphatic carbocycles. The van der Waals surface area contributed by atoms with E-state index in [9.17, 15) is 5.11 Å². The van der Waals surface area contributed by atoms with Crippen molar-refractivity contribution < 1.29 is 10.3 Å². The lowest BCUT2D eigenvalue weighted by molar-refractivity contribution is 0.0457. The zero-order chi connectivity index (χ0) is 10.6. The monoisotopic (exact) mass is 201 g/mol. The third-order valence-electron chi connectivity index (χ3n) is 2.71. The Kier molecular flexibility index (Phi) is 4.16. The number of rotatable bonds is 3. The molecular weight excluding hydrogens is 182 g/mol. The van der Waals surface area contributed by atoms with Crippen LogP contribution < -0.4 is 5.73 Å². The minimum Gasteiger partial charge on any atom is -0.409 e. The molecule has 1 heterocycles. The number of oxime groups is 1. The second kappa shape index (κ2) is 5.17. The van der Waals surface area contributed by atoms with Crippen LogP contribution in [0.25, 0.3) is 0 Å². The normalized spacial score (nSPS) is 27.6. The van der Waals surface area contributed by atoms with Gasteiger partial charge in [0.25, 0.3) is 0 Å². The summed E-state index contributed by atoms with van der Waals surface area (Å²) in [5, 5.41) is 21.0. The van der Waals surface area contributed by atoms with Gasteiger partial charge < -0.3 is 16.0 Å². The summed E-state index contributed by atoms with van der Waals surface area (Å²) in [7, 11) is 0. The second-order valence-electron chi connectivity index (χ2n) is 3.87. The molecule has 0 aromatic rings. The van der Waals surface area contributed by atoms with Crippen LogP contribution >= 0.6 is 0 Å². The first-order valence-corrected chi connectivity index (χ1v) is 5.03. The highest BCUT2D eigenvalue weighted by Gasteiger charge is 2.26. The van der Waals surface area contributed by atoms with E-state index in [1.807, 2.05) is 0 Å². The number of piperidine rings is 1. The molecule has 5 heteroatoms. The van der Waals surface area contributed by atoms with E-state index in [1.165, 1.54) is 0 Å². The van der Waals surface area contributed by atoms with Crippen molar-refractivity contribution in [2.75, 3.05) is 13.1 Å². The molecule has 0 saturated carbocycles. The average Bonchev–Trinajstić information content (AvgIpc) is 2.18. The van der Waals surface area contributed by atoms with Crippen molar-refractivity contribution in [3.63, 3.8) is 0 Å². The summed E-state index contributed by atoms with van der Waals surface area (Å²) < 4.78 is 0. The van der Waals surface area contributed by atoms with Crippen molar-refractivity contribution in [2.24, 2.45) is 10.9 Å². The molecule has 0 aromatic carbocycles. The average molecular weight is 201 g/mol. The predicted octanol–water partition coefficient (Wildman–Crippen LogP) is -0.0319. The fourth-order valence-electron chi connectivity index (χ4n) is 2.00. The molecule has 82 valence electrons. The van der Waals surface area contributed by atoms with Crippen LogP contribution in [0.1, 0.15) is 26.2 Å². The van der Waals surface area contributed by atoms with Gasteiger partial charge in [0.05, 0.1) is 12.6 Å². The van der Waals surface area contributed by atoms with Gasteiger partial charge in [-0.25, -0.2) is 0 Å². The Morgan fingerprint density at radius 1 is 1.64 bits per heavy atom. The number of aliphatic hydroxyl groups excluding tert-OH is 1. The fraction of sp³-hybridized carbons (Fsp3) is 0.889. The number of amidine groups is 1. The maximum atomic E-state index is 9.55. The first-order chi connectivity index (χ1) is 6.65. The molecule has 14 heavy (non-hydrogen) atoms. The zero-order valence-electron chi connectivity index (χ0n) is 8.56. The van der Waals surface area contributed by atoms with Crippen LogP contribution in [-0.2, 0) is 0 Å². The number of hydrogen-bond acceptors (Lipinski definition) is 4. The summed E-state index contributed by atoms with van der Waals surface area (Å²) in [5.41, 5.74) is 5.44. The highest BCUT2D eigenvalue weighted by molar-refractivity contribution is 5.81. The molecule has 0 aromatic heterocycles. The highest BCUT2D eigenvalue weighted by Crippen LogP contribution is 2.19. The molecule has 2 atom stereocenters. The SMILES string of the molecule is CC(O)C1CCCCN1C/C(N)=N/O. The molecule has 5 nitrogen and oxygen atoms in total. The summed E-state index contributed by atoms with van der Waals surface area (Å²) in [5.74, 6) is 0.206. The van der Waals surface area contributed by atoms with Crippen LogP contribution in [-0.4, -0.2) is 46.3 Å². The van der Waals surface area contributed by atoms with E-state index >= 15 is 0 Å². The Labute approximate surface area is 84.2 Å². The summed E-state index contributed by atoms with van der Waals surface area (Å²) >= 11 is 0. The molecule has 2 unspecified atom stereocenters. The molecule has 0 spiro atoms. The number of nitrogens with two attached hydrogens (primary N) is 1. The fourth-order valence-corrected chi connectivity index (χ4v) is 2.00. The largest absolute Gasteiger partial charge is 0.409 e. The Balaban J connectivity index is 2.54. The van der Waals surface area contributed by atoms with E-state index in [1.54, 1.807) is 6.92 Å². The highest BCUT2D eigenvalue weighted by atomic mass is 16.4. The molecule has 1 aliphatic rings. The van der Waals surface area contributed by atoms with Crippen LogP contribution in [0.15, 0.2) is 5.16 Å². The van der Waals surface area contributed by atoms with Crippen molar-refractivity contribution in [2.45, 2.75) is 38.3 Å². The second-order valence-corrected chi connectivity index (χ2v) is 3.87. The maximum absolute atomic E-state index is 9.55. The van der Waals surface area contributed by atoms with Crippen molar-refractivity contribution in [3.05, 3.63) is 0 Å². The van der Waals surface area contributed by atoms with Gasteiger partial charge in [-0.05, 0) is 26.3 Å². The molecular formula is C9H19N3O2. The summed E-state index contributed by atoms with van der Waals surface area (Å²) in [6, 6.07) is 0.143. The Hall–Kier alpha value is -0.810. The first kappa shape index (κ1) is 11.3. The molecule has 1 fully saturated rings. The maximum Gasteiger partial charge on any atom is 0.153 e. The summed E-state index contributed by atoms with van der Waals surface area (Å²) in [6.07, 6.45) is 2.88. The van der Waals surface area contributed by atoms with Gasteiger partial charge in [0.15, 0.2) is 5.84 Å². The lowest BCUT2D eigenvalue weighted by atomic mass is 9.98. The first-order valence-electron chi connectivity index (χ1n) is 5.03. The van der Waals surface area contributed by atoms with Crippen molar-refractivity contribution in [1.82, 2.24) is 4.90 Å². The van der Waals surface area contributed by atoms with E-state index in [-0.39, 0.29) is 18.0 Å². The molecule has 0 bridgehead atoms. The van der Waals surface area contributed by atoms with Gasteiger partial charge in [-0.1, -0.05) is 11.6 Å². The Morgan fingerprint density at radius 2 is 2.36 bits per heavy atom. The van der Waals surface area contributed by atoms with Gasteiger partial charge in [0.1, 0.15) is 0 Å². The molecule has 0 radical (unpaired) electrons. The van der Waals surface area contributed by atoms with Crippen molar-refractivity contribution >= 4 is 5.84 Å². The van der Waals surface area contributed by atoms with E-state index in [0.29, 0.717) is 6.54 Å². The quantitative estimate of drug-likeness (QED) is 0.259. The standard InChI is InChI=1S/C9H19N3O2/c1-7(13)8-4-2-3-5-12(8)6-9(10)11-14/h7-8,13-14H,2-6H2,1H3,(H2,10,11). The van der Waals surface area contributed by atoms with Crippen LogP contribution in [0.2, 0.25) is 0 Å². The van der Waals surface area contributed by atoms with Gasteiger partial charge >= 0.3 is 0 Å². The van der Waals surface area contributed by atoms with Crippen molar-refractivity contribution in [1.29, 1.82) is 0 Å². The number of aliphatic hydroxyl groups is 1. The van der Waals surface area contributed by atoms with Gasteiger partial charge in [0, 0.05) is 6.04 Å². The predicted molar refractivity (Wildman–Crippen MR) is 54.3 cm³/mol. The number of likely N-dealkylation sites (tertiary alicyclic amines) is 1.